The fourth-order valence-electron chi connectivity index (χ4n) is 2.12. The number of carboxylic acids is 1. The molecule has 0 spiro atoms. The number of ketones is 2. The summed E-state index contributed by atoms with van der Waals surface area (Å²) in [5.41, 5.74) is -0.708. The molecular weight excluding hydrogens is 284 g/mol. The lowest BCUT2D eigenvalue weighted by molar-refractivity contribution is -0.137. The summed E-state index contributed by atoms with van der Waals surface area (Å²) >= 11 is 0. The number of nitrogens with one attached hydrogen (secondary N) is 2. The zero-order valence-corrected chi connectivity index (χ0v) is 14.5. The summed E-state index contributed by atoms with van der Waals surface area (Å²) in [6.45, 7) is 8.81. The minimum atomic E-state index is -0.871. The number of carboxylic acid groups (broad SMARTS) is 1. The molecule has 6 nitrogen and oxygen atoms in total. The molecule has 0 bridgehead atoms. The Hall–Kier alpha value is -1.27. The van der Waals surface area contributed by atoms with Crippen molar-refractivity contribution in [3.05, 3.63) is 0 Å². The maximum absolute atomic E-state index is 12.6. The van der Waals surface area contributed by atoms with E-state index < -0.39 is 17.6 Å². The van der Waals surface area contributed by atoms with E-state index in [2.05, 4.69) is 10.6 Å². The number of rotatable bonds is 11. The summed E-state index contributed by atoms with van der Waals surface area (Å²) < 4.78 is 0. The molecule has 0 rings (SSSR count). The quantitative estimate of drug-likeness (QED) is 0.533. The minimum absolute atomic E-state index is 0.0250. The summed E-state index contributed by atoms with van der Waals surface area (Å²) in [6, 6.07) is -0.623. The first-order valence-corrected chi connectivity index (χ1v) is 7.74. The maximum Gasteiger partial charge on any atom is 0.303 e. The SMILES string of the molecule is CNC(C)(C)C(=O)C(CCCC(=O)O)NC(C)C(C)C(C)=O. The summed E-state index contributed by atoms with van der Waals surface area (Å²) in [5.74, 6) is -1.04. The van der Waals surface area contributed by atoms with Crippen molar-refractivity contribution in [3.8, 4) is 0 Å². The van der Waals surface area contributed by atoms with Crippen LogP contribution in [0, 0.1) is 5.92 Å². The Labute approximate surface area is 133 Å². The van der Waals surface area contributed by atoms with Crippen LogP contribution in [0.4, 0.5) is 0 Å². The van der Waals surface area contributed by atoms with Crippen LogP contribution in [-0.4, -0.2) is 47.3 Å². The van der Waals surface area contributed by atoms with Crippen LogP contribution < -0.4 is 10.6 Å². The molecule has 0 heterocycles. The number of hydrogen-bond donors (Lipinski definition) is 3. The van der Waals surface area contributed by atoms with Gasteiger partial charge in [0, 0.05) is 18.4 Å². The Kier molecular flexibility index (Phi) is 8.48. The van der Waals surface area contributed by atoms with Gasteiger partial charge in [0.05, 0.1) is 11.6 Å². The van der Waals surface area contributed by atoms with Crippen LogP contribution in [0.5, 0.6) is 0 Å². The van der Waals surface area contributed by atoms with Gasteiger partial charge in [-0.2, -0.15) is 0 Å². The van der Waals surface area contributed by atoms with E-state index in [1.807, 2.05) is 13.8 Å². The van der Waals surface area contributed by atoms with Crippen LogP contribution in [0.3, 0.4) is 0 Å². The predicted molar refractivity (Wildman–Crippen MR) is 85.9 cm³/mol. The molecule has 0 aliphatic heterocycles. The van der Waals surface area contributed by atoms with Gasteiger partial charge in [0.2, 0.25) is 0 Å². The van der Waals surface area contributed by atoms with E-state index in [0.29, 0.717) is 12.8 Å². The molecule has 3 atom stereocenters. The number of carbonyl (C=O) groups excluding carboxylic acids is 2. The van der Waals surface area contributed by atoms with Crippen molar-refractivity contribution >= 4 is 17.5 Å². The molecule has 0 amide bonds. The molecule has 3 N–H and O–H groups in total. The van der Waals surface area contributed by atoms with Gasteiger partial charge in [-0.3, -0.25) is 14.4 Å². The molecule has 0 saturated heterocycles. The number of likely N-dealkylation sites (N-methyl/N-ethyl adjacent to an activating group) is 1. The van der Waals surface area contributed by atoms with Gasteiger partial charge in [-0.1, -0.05) is 6.92 Å². The van der Waals surface area contributed by atoms with Crippen LogP contribution in [0.2, 0.25) is 0 Å². The van der Waals surface area contributed by atoms with E-state index in [9.17, 15) is 14.4 Å². The molecular formula is C16H30N2O4. The first-order valence-electron chi connectivity index (χ1n) is 7.74. The van der Waals surface area contributed by atoms with Crippen LogP contribution in [0.15, 0.2) is 0 Å². The Morgan fingerprint density at radius 1 is 1.18 bits per heavy atom. The van der Waals surface area contributed by atoms with Crippen LogP contribution >= 0.6 is 0 Å². The van der Waals surface area contributed by atoms with Crippen LogP contribution in [0.1, 0.15) is 53.9 Å². The van der Waals surface area contributed by atoms with Crippen LogP contribution in [-0.2, 0) is 14.4 Å². The normalized spacial score (nSPS) is 15.9. The van der Waals surface area contributed by atoms with Crippen LogP contribution in [0.25, 0.3) is 0 Å². The van der Waals surface area contributed by atoms with Crippen molar-refractivity contribution in [2.75, 3.05) is 7.05 Å². The van der Waals surface area contributed by atoms with Gasteiger partial charge in [0.25, 0.3) is 0 Å². The lowest BCUT2D eigenvalue weighted by Gasteiger charge is -2.31. The fourth-order valence-corrected chi connectivity index (χ4v) is 2.12. The first kappa shape index (κ1) is 20.7. The molecule has 0 fully saturated rings. The van der Waals surface area contributed by atoms with Crippen molar-refractivity contribution in [2.45, 2.75) is 71.5 Å². The van der Waals surface area contributed by atoms with Crippen molar-refractivity contribution in [1.82, 2.24) is 10.6 Å². The lowest BCUT2D eigenvalue weighted by Crippen LogP contribution is -2.56. The third-order valence-electron chi connectivity index (χ3n) is 4.30. The summed E-state index contributed by atoms with van der Waals surface area (Å²) in [4.78, 5) is 34.8. The highest BCUT2D eigenvalue weighted by atomic mass is 16.4. The fraction of sp³-hybridized carbons (Fsp3) is 0.812. The molecule has 0 saturated carbocycles. The van der Waals surface area contributed by atoms with E-state index in [0.717, 1.165) is 0 Å². The van der Waals surface area contributed by atoms with Gasteiger partial charge >= 0.3 is 5.97 Å². The van der Waals surface area contributed by atoms with Gasteiger partial charge < -0.3 is 15.7 Å². The number of Topliss-reactive ketones (excluding diaryl/α,β-unsaturated/α-hetero) is 2. The topological polar surface area (TPSA) is 95.5 Å². The van der Waals surface area contributed by atoms with Crippen molar-refractivity contribution < 1.29 is 19.5 Å². The zero-order valence-electron chi connectivity index (χ0n) is 14.5. The highest BCUT2D eigenvalue weighted by molar-refractivity contribution is 5.92. The number of carbonyl (C=O) groups is 3. The number of aliphatic carboxylic acids is 1. The average molecular weight is 314 g/mol. The molecule has 0 aromatic rings. The van der Waals surface area contributed by atoms with E-state index in [1.165, 1.54) is 6.92 Å². The monoisotopic (exact) mass is 314 g/mol. The third kappa shape index (κ3) is 6.66. The number of hydrogen-bond acceptors (Lipinski definition) is 5. The van der Waals surface area contributed by atoms with E-state index in [4.69, 9.17) is 5.11 Å². The van der Waals surface area contributed by atoms with Crippen molar-refractivity contribution in [3.63, 3.8) is 0 Å². The Balaban J connectivity index is 4.96. The molecule has 22 heavy (non-hydrogen) atoms. The molecule has 0 aliphatic rings. The van der Waals surface area contributed by atoms with Crippen molar-refractivity contribution in [1.29, 1.82) is 0 Å². The second-order valence-corrected chi connectivity index (χ2v) is 6.43. The summed E-state index contributed by atoms with van der Waals surface area (Å²) in [7, 11) is 1.72. The molecule has 0 aromatic heterocycles. The highest BCUT2D eigenvalue weighted by Crippen LogP contribution is 2.14. The Morgan fingerprint density at radius 2 is 1.73 bits per heavy atom. The molecule has 6 heteroatoms. The van der Waals surface area contributed by atoms with Gasteiger partial charge in [-0.05, 0) is 47.6 Å². The van der Waals surface area contributed by atoms with E-state index >= 15 is 0 Å². The van der Waals surface area contributed by atoms with Gasteiger partial charge in [-0.25, -0.2) is 0 Å². The smallest absolute Gasteiger partial charge is 0.303 e. The summed E-state index contributed by atoms with van der Waals surface area (Å²) in [6.07, 6.45) is 0.882. The van der Waals surface area contributed by atoms with Gasteiger partial charge in [0.1, 0.15) is 5.78 Å². The summed E-state index contributed by atoms with van der Waals surface area (Å²) in [5, 5.41) is 14.9. The molecule has 0 aromatic carbocycles. The third-order valence-corrected chi connectivity index (χ3v) is 4.30. The zero-order chi connectivity index (χ0) is 17.5. The second-order valence-electron chi connectivity index (χ2n) is 6.43. The van der Waals surface area contributed by atoms with E-state index in [-0.39, 0.29) is 29.9 Å². The highest BCUT2D eigenvalue weighted by Gasteiger charge is 2.33. The molecule has 0 aliphatic carbocycles. The predicted octanol–water partition coefficient (Wildman–Crippen LogP) is 1.38. The van der Waals surface area contributed by atoms with E-state index in [1.54, 1.807) is 20.9 Å². The van der Waals surface area contributed by atoms with Gasteiger partial charge in [0.15, 0.2) is 5.78 Å². The standard InChI is InChI=1S/C16H30N2O4/c1-10(12(3)19)11(2)18-13(8-7-9-14(20)21)15(22)16(4,5)17-6/h10-11,13,17-18H,7-9H2,1-6H3,(H,20,21). The lowest BCUT2D eigenvalue weighted by atomic mass is 9.89. The van der Waals surface area contributed by atoms with Gasteiger partial charge in [-0.15, -0.1) is 0 Å². The average Bonchev–Trinajstić information content (AvgIpc) is 2.43. The molecule has 0 radical (unpaired) electrons. The Bertz CT molecular complexity index is 407. The molecule has 3 unspecified atom stereocenters. The van der Waals surface area contributed by atoms with Crippen molar-refractivity contribution in [2.24, 2.45) is 5.92 Å². The minimum Gasteiger partial charge on any atom is -0.481 e. The maximum atomic E-state index is 12.6. The molecule has 128 valence electrons. The Morgan fingerprint density at radius 3 is 2.14 bits per heavy atom. The largest absolute Gasteiger partial charge is 0.481 e. The first-order chi connectivity index (χ1) is 10.0. The second kappa shape index (κ2) is 9.00.